The maximum Gasteiger partial charge on any atom is 0.265 e. The zero-order valence-electron chi connectivity index (χ0n) is 10.7. The SMILES string of the molecule is O=[N+]([O-])C1=CCC(c2cncn2-c2ccccc2)C=C1. The number of para-hydroxylation sites is 1. The second-order valence-electron chi connectivity index (χ2n) is 4.61. The van der Waals surface area contributed by atoms with Crippen molar-refractivity contribution in [3.05, 3.63) is 82.6 Å². The van der Waals surface area contributed by atoms with E-state index < -0.39 is 0 Å². The van der Waals surface area contributed by atoms with Crippen LogP contribution in [0.3, 0.4) is 0 Å². The van der Waals surface area contributed by atoms with Crippen LogP contribution < -0.4 is 0 Å². The van der Waals surface area contributed by atoms with Crippen molar-refractivity contribution in [1.82, 2.24) is 9.55 Å². The van der Waals surface area contributed by atoms with Gasteiger partial charge in [0.05, 0.1) is 11.3 Å². The van der Waals surface area contributed by atoms with Crippen LogP contribution in [-0.4, -0.2) is 14.5 Å². The number of aromatic nitrogens is 2. The molecule has 1 aromatic heterocycles. The molecule has 1 heterocycles. The number of allylic oxidation sites excluding steroid dienone is 3. The minimum absolute atomic E-state index is 0.112. The van der Waals surface area contributed by atoms with Crippen LogP contribution in [-0.2, 0) is 0 Å². The Morgan fingerprint density at radius 1 is 1.30 bits per heavy atom. The van der Waals surface area contributed by atoms with E-state index in [1.807, 2.05) is 47.2 Å². The molecule has 5 heteroatoms. The molecule has 0 aliphatic heterocycles. The molecule has 20 heavy (non-hydrogen) atoms. The summed E-state index contributed by atoms with van der Waals surface area (Å²) >= 11 is 0. The van der Waals surface area contributed by atoms with Crippen LogP contribution in [0.4, 0.5) is 0 Å². The molecule has 0 bridgehead atoms. The second kappa shape index (κ2) is 5.13. The number of imidazole rings is 1. The fraction of sp³-hybridized carbons (Fsp3) is 0.133. The Bertz CT molecular complexity index is 686. The van der Waals surface area contributed by atoms with Gasteiger partial charge in [-0.15, -0.1) is 0 Å². The molecule has 0 fully saturated rings. The molecule has 1 aromatic carbocycles. The Labute approximate surface area is 116 Å². The van der Waals surface area contributed by atoms with E-state index in [1.54, 1.807) is 18.5 Å². The van der Waals surface area contributed by atoms with Crippen molar-refractivity contribution in [2.75, 3.05) is 0 Å². The number of benzene rings is 1. The third-order valence-electron chi connectivity index (χ3n) is 3.37. The highest BCUT2D eigenvalue weighted by Crippen LogP contribution is 2.28. The Balaban J connectivity index is 1.89. The lowest BCUT2D eigenvalue weighted by molar-refractivity contribution is -0.419. The van der Waals surface area contributed by atoms with Gasteiger partial charge in [-0.1, -0.05) is 24.3 Å². The van der Waals surface area contributed by atoms with E-state index in [4.69, 9.17) is 0 Å². The van der Waals surface area contributed by atoms with Crippen LogP contribution in [0.1, 0.15) is 18.0 Å². The van der Waals surface area contributed by atoms with E-state index in [2.05, 4.69) is 4.98 Å². The Morgan fingerprint density at radius 3 is 2.75 bits per heavy atom. The molecule has 0 radical (unpaired) electrons. The van der Waals surface area contributed by atoms with E-state index in [1.165, 1.54) is 0 Å². The Hall–Kier alpha value is -2.69. The Kier molecular flexibility index (Phi) is 3.16. The minimum atomic E-state index is -0.360. The highest BCUT2D eigenvalue weighted by molar-refractivity contribution is 5.36. The van der Waals surface area contributed by atoms with Crippen LogP contribution in [0.15, 0.2) is 66.8 Å². The highest BCUT2D eigenvalue weighted by Gasteiger charge is 2.19. The molecule has 1 aliphatic carbocycles. The summed E-state index contributed by atoms with van der Waals surface area (Å²) in [5, 5.41) is 10.7. The minimum Gasteiger partial charge on any atom is -0.303 e. The monoisotopic (exact) mass is 267 g/mol. The zero-order chi connectivity index (χ0) is 13.9. The third-order valence-corrected chi connectivity index (χ3v) is 3.37. The molecular weight excluding hydrogens is 254 g/mol. The van der Waals surface area contributed by atoms with E-state index in [9.17, 15) is 10.1 Å². The molecular formula is C15H13N3O2. The van der Waals surface area contributed by atoms with Gasteiger partial charge in [0.1, 0.15) is 0 Å². The number of nitro groups is 1. The van der Waals surface area contributed by atoms with Gasteiger partial charge in [0, 0.05) is 29.6 Å². The maximum absolute atomic E-state index is 10.7. The van der Waals surface area contributed by atoms with Crippen LogP contribution >= 0.6 is 0 Å². The smallest absolute Gasteiger partial charge is 0.265 e. The van der Waals surface area contributed by atoms with Gasteiger partial charge in [0.25, 0.3) is 5.70 Å². The molecule has 0 amide bonds. The summed E-state index contributed by atoms with van der Waals surface area (Å²) in [4.78, 5) is 14.5. The quantitative estimate of drug-likeness (QED) is 0.634. The van der Waals surface area contributed by atoms with Crippen LogP contribution in [0.2, 0.25) is 0 Å². The van der Waals surface area contributed by atoms with Crippen molar-refractivity contribution in [1.29, 1.82) is 0 Å². The lowest BCUT2D eigenvalue weighted by Gasteiger charge is -2.16. The first-order chi connectivity index (χ1) is 9.75. The van der Waals surface area contributed by atoms with Crippen molar-refractivity contribution in [2.45, 2.75) is 12.3 Å². The highest BCUT2D eigenvalue weighted by atomic mass is 16.6. The molecule has 3 rings (SSSR count). The molecule has 1 aliphatic rings. The molecule has 0 spiro atoms. The molecule has 100 valence electrons. The predicted molar refractivity (Wildman–Crippen MR) is 75.1 cm³/mol. The molecule has 1 unspecified atom stereocenters. The summed E-state index contributed by atoms with van der Waals surface area (Å²) in [5.74, 6) is 0.112. The van der Waals surface area contributed by atoms with Gasteiger partial charge in [-0.05, 0) is 24.6 Å². The standard InChI is InChI=1S/C15H13N3O2/c19-18(20)14-8-6-12(7-9-14)15-10-16-11-17(15)13-4-2-1-3-5-13/h1-6,8-12H,7H2. The van der Waals surface area contributed by atoms with Crippen molar-refractivity contribution in [3.8, 4) is 5.69 Å². The van der Waals surface area contributed by atoms with Gasteiger partial charge in [-0.25, -0.2) is 4.98 Å². The fourth-order valence-electron chi connectivity index (χ4n) is 2.35. The Morgan fingerprint density at radius 2 is 2.10 bits per heavy atom. The second-order valence-corrected chi connectivity index (χ2v) is 4.61. The molecule has 0 N–H and O–H groups in total. The lowest BCUT2D eigenvalue weighted by Crippen LogP contribution is -2.07. The third kappa shape index (κ3) is 2.25. The normalized spacial score (nSPS) is 17.8. The van der Waals surface area contributed by atoms with Crippen molar-refractivity contribution < 1.29 is 4.92 Å². The largest absolute Gasteiger partial charge is 0.303 e. The van der Waals surface area contributed by atoms with Gasteiger partial charge < -0.3 is 4.57 Å². The first-order valence-electron chi connectivity index (χ1n) is 6.36. The van der Waals surface area contributed by atoms with Gasteiger partial charge in [0.2, 0.25) is 0 Å². The maximum atomic E-state index is 10.7. The summed E-state index contributed by atoms with van der Waals surface area (Å²) < 4.78 is 2.01. The van der Waals surface area contributed by atoms with Crippen LogP contribution in [0, 0.1) is 10.1 Å². The fourth-order valence-corrected chi connectivity index (χ4v) is 2.35. The number of hydrogen-bond donors (Lipinski definition) is 0. The average Bonchev–Trinajstić information content (AvgIpc) is 2.97. The van der Waals surface area contributed by atoms with E-state index in [-0.39, 0.29) is 16.5 Å². The molecule has 1 atom stereocenters. The van der Waals surface area contributed by atoms with Crippen LogP contribution in [0.5, 0.6) is 0 Å². The molecule has 5 nitrogen and oxygen atoms in total. The summed E-state index contributed by atoms with van der Waals surface area (Å²) in [7, 11) is 0. The number of hydrogen-bond acceptors (Lipinski definition) is 3. The van der Waals surface area contributed by atoms with Crippen molar-refractivity contribution in [2.24, 2.45) is 0 Å². The topological polar surface area (TPSA) is 61.0 Å². The zero-order valence-corrected chi connectivity index (χ0v) is 10.7. The summed E-state index contributed by atoms with van der Waals surface area (Å²) in [6.45, 7) is 0. The average molecular weight is 267 g/mol. The molecule has 2 aromatic rings. The summed E-state index contributed by atoms with van der Waals surface area (Å²) in [6.07, 6.45) is 9.29. The summed E-state index contributed by atoms with van der Waals surface area (Å²) in [6, 6.07) is 9.93. The molecule has 0 saturated carbocycles. The molecule has 0 saturated heterocycles. The first kappa shape index (κ1) is 12.3. The van der Waals surface area contributed by atoms with E-state index >= 15 is 0 Å². The van der Waals surface area contributed by atoms with E-state index in [0.29, 0.717) is 6.42 Å². The van der Waals surface area contributed by atoms with E-state index in [0.717, 1.165) is 11.4 Å². The van der Waals surface area contributed by atoms with Crippen molar-refractivity contribution >= 4 is 0 Å². The predicted octanol–water partition coefficient (Wildman–Crippen LogP) is 3.08. The van der Waals surface area contributed by atoms with Crippen molar-refractivity contribution in [3.63, 3.8) is 0 Å². The van der Waals surface area contributed by atoms with Gasteiger partial charge in [-0.3, -0.25) is 10.1 Å². The van der Waals surface area contributed by atoms with Gasteiger partial charge >= 0.3 is 0 Å². The van der Waals surface area contributed by atoms with Gasteiger partial charge in [0.15, 0.2) is 0 Å². The first-order valence-corrected chi connectivity index (χ1v) is 6.36. The van der Waals surface area contributed by atoms with Crippen LogP contribution in [0.25, 0.3) is 5.69 Å². The van der Waals surface area contributed by atoms with Gasteiger partial charge in [-0.2, -0.15) is 0 Å². The number of nitrogens with zero attached hydrogens (tertiary/aromatic N) is 3. The lowest BCUT2D eigenvalue weighted by atomic mass is 9.96. The summed E-state index contributed by atoms with van der Waals surface area (Å²) in [5.41, 5.74) is 2.23. The number of rotatable bonds is 3.